The lowest BCUT2D eigenvalue weighted by Crippen LogP contribution is -2.01. The molecule has 76 valence electrons. The highest BCUT2D eigenvalue weighted by molar-refractivity contribution is 6.30. The maximum atomic E-state index is 11.2. The van der Waals surface area contributed by atoms with Crippen LogP contribution in [0.15, 0.2) is 35.0 Å². The second-order valence-corrected chi connectivity index (χ2v) is 3.60. The summed E-state index contributed by atoms with van der Waals surface area (Å²) in [5, 5.41) is 4.25. The average molecular weight is 222 g/mol. The van der Waals surface area contributed by atoms with E-state index in [1.54, 1.807) is 25.1 Å². The summed E-state index contributed by atoms with van der Waals surface area (Å²) >= 11 is 5.75. The molecule has 1 aromatic carbocycles. The first kappa shape index (κ1) is 9.93. The highest BCUT2D eigenvalue weighted by Crippen LogP contribution is 2.17. The molecule has 0 N–H and O–H groups in total. The van der Waals surface area contributed by atoms with Crippen molar-refractivity contribution in [1.29, 1.82) is 0 Å². The fourth-order valence-electron chi connectivity index (χ4n) is 1.25. The van der Waals surface area contributed by atoms with Crippen LogP contribution in [0.5, 0.6) is 0 Å². The molecule has 0 radical (unpaired) electrons. The number of carbonyl (C=O) groups excluding carboxylic acids is 1. The Hall–Kier alpha value is -1.61. The van der Waals surface area contributed by atoms with Crippen LogP contribution in [0, 0.1) is 0 Å². The first-order valence-corrected chi connectivity index (χ1v) is 4.78. The van der Waals surface area contributed by atoms with E-state index >= 15 is 0 Å². The minimum absolute atomic E-state index is 0.414. The van der Waals surface area contributed by atoms with Crippen molar-refractivity contribution in [3.8, 4) is 0 Å². The summed E-state index contributed by atoms with van der Waals surface area (Å²) in [6, 6.07) is 7.18. The van der Waals surface area contributed by atoms with E-state index in [2.05, 4.69) is 9.99 Å². The van der Waals surface area contributed by atoms with Gasteiger partial charge in [0.15, 0.2) is 0 Å². The third-order valence-corrected chi connectivity index (χ3v) is 2.31. The standard InChI is InChI=1S/C11H8ClNO2/c1-7-10(11(14)15-13-7)6-8-2-4-9(12)5-3-8/h2-6H,1H3/b10-6-. The van der Waals surface area contributed by atoms with Gasteiger partial charge in [0.1, 0.15) is 0 Å². The Morgan fingerprint density at radius 2 is 2.00 bits per heavy atom. The smallest absolute Gasteiger partial charge is 0.312 e. The number of benzene rings is 1. The van der Waals surface area contributed by atoms with E-state index in [1.807, 2.05) is 12.1 Å². The molecule has 15 heavy (non-hydrogen) atoms. The van der Waals surface area contributed by atoms with E-state index < -0.39 is 5.97 Å². The normalized spacial score (nSPS) is 17.9. The van der Waals surface area contributed by atoms with Crippen molar-refractivity contribution in [2.45, 2.75) is 6.92 Å². The van der Waals surface area contributed by atoms with Gasteiger partial charge in [-0.2, -0.15) is 0 Å². The molecule has 0 aromatic heterocycles. The molecular formula is C11H8ClNO2. The average Bonchev–Trinajstić information content (AvgIpc) is 2.53. The number of hydrogen-bond donors (Lipinski definition) is 0. The molecule has 0 fully saturated rings. The SMILES string of the molecule is CC1=NOC(=O)/C1=C\c1ccc(Cl)cc1. The van der Waals surface area contributed by atoms with Crippen molar-refractivity contribution in [2.24, 2.45) is 5.16 Å². The van der Waals surface area contributed by atoms with Gasteiger partial charge in [-0.25, -0.2) is 4.79 Å². The molecule has 1 aliphatic rings. The summed E-state index contributed by atoms with van der Waals surface area (Å²) in [4.78, 5) is 15.8. The molecule has 3 nitrogen and oxygen atoms in total. The Bertz CT molecular complexity index is 460. The number of carbonyl (C=O) groups is 1. The van der Waals surface area contributed by atoms with E-state index in [1.165, 1.54) is 0 Å². The summed E-state index contributed by atoms with van der Waals surface area (Å²) in [6.45, 7) is 1.73. The van der Waals surface area contributed by atoms with Crippen LogP contribution < -0.4 is 0 Å². The Kier molecular flexibility index (Phi) is 2.56. The molecule has 0 aliphatic carbocycles. The molecule has 0 saturated heterocycles. The predicted molar refractivity (Wildman–Crippen MR) is 58.6 cm³/mol. The Morgan fingerprint density at radius 1 is 1.33 bits per heavy atom. The summed E-state index contributed by atoms with van der Waals surface area (Å²) in [5.41, 5.74) is 1.97. The highest BCUT2D eigenvalue weighted by Gasteiger charge is 2.21. The van der Waals surface area contributed by atoms with Crippen molar-refractivity contribution in [2.75, 3.05) is 0 Å². The molecule has 1 heterocycles. The number of oxime groups is 1. The van der Waals surface area contributed by atoms with Crippen LogP contribution >= 0.6 is 11.6 Å². The topological polar surface area (TPSA) is 38.7 Å². The first-order valence-electron chi connectivity index (χ1n) is 4.40. The van der Waals surface area contributed by atoms with Gasteiger partial charge in [-0.05, 0) is 30.7 Å². The molecular weight excluding hydrogens is 214 g/mol. The van der Waals surface area contributed by atoms with Crippen LogP contribution in [0.3, 0.4) is 0 Å². The Morgan fingerprint density at radius 3 is 2.53 bits per heavy atom. The van der Waals surface area contributed by atoms with Crippen molar-refractivity contribution < 1.29 is 9.63 Å². The molecule has 0 bridgehead atoms. The second-order valence-electron chi connectivity index (χ2n) is 3.17. The lowest BCUT2D eigenvalue weighted by atomic mass is 10.1. The highest BCUT2D eigenvalue weighted by atomic mass is 35.5. The number of nitrogens with zero attached hydrogens (tertiary/aromatic N) is 1. The lowest BCUT2D eigenvalue weighted by molar-refractivity contribution is -0.136. The molecule has 0 atom stereocenters. The van der Waals surface area contributed by atoms with Gasteiger partial charge in [-0.3, -0.25) is 0 Å². The predicted octanol–water partition coefficient (Wildman–Crippen LogP) is 2.66. The largest absolute Gasteiger partial charge is 0.367 e. The van der Waals surface area contributed by atoms with Crippen molar-refractivity contribution in [3.63, 3.8) is 0 Å². The lowest BCUT2D eigenvalue weighted by Gasteiger charge is -1.95. The van der Waals surface area contributed by atoms with Gasteiger partial charge in [0, 0.05) is 5.02 Å². The first-order chi connectivity index (χ1) is 7.16. The zero-order chi connectivity index (χ0) is 10.8. The van der Waals surface area contributed by atoms with Gasteiger partial charge in [-0.15, -0.1) is 0 Å². The molecule has 4 heteroatoms. The fourth-order valence-corrected chi connectivity index (χ4v) is 1.37. The van der Waals surface area contributed by atoms with Crippen LogP contribution in [-0.2, 0) is 9.63 Å². The number of hydrogen-bond acceptors (Lipinski definition) is 3. The zero-order valence-corrected chi connectivity index (χ0v) is 8.78. The molecule has 1 aliphatic heterocycles. The third kappa shape index (κ3) is 2.07. The molecule has 0 unspecified atom stereocenters. The van der Waals surface area contributed by atoms with E-state index in [-0.39, 0.29) is 0 Å². The van der Waals surface area contributed by atoms with Crippen molar-refractivity contribution in [3.05, 3.63) is 40.4 Å². The Balaban J connectivity index is 2.34. The third-order valence-electron chi connectivity index (χ3n) is 2.06. The van der Waals surface area contributed by atoms with Gasteiger partial charge in [0.25, 0.3) is 0 Å². The maximum Gasteiger partial charge on any atom is 0.367 e. The quantitative estimate of drug-likeness (QED) is 0.540. The number of rotatable bonds is 1. The van der Waals surface area contributed by atoms with Gasteiger partial charge >= 0.3 is 5.97 Å². The summed E-state index contributed by atoms with van der Waals surface area (Å²) < 4.78 is 0. The van der Waals surface area contributed by atoms with Gasteiger partial charge in [-0.1, -0.05) is 28.9 Å². The van der Waals surface area contributed by atoms with Gasteiger partial charge in [0.2, 0.25) is 0 Å². The fraction of sp³-hybridized carbons (Fsp3) is 0.0909. The zero-order valence-electron chi connectivity index (χ0n) is 8.03. The van der Waals surface area contributed by atoms with Gasteiger partial charge in [0.05, 0.1) is 11.3 Å². The Labute approximate surface area is 92.0 Å². The van der Waals surface area contributed by atoms with E-state index in [0.717, 1.165) is 5.56 Å². The van der Waals surface area contributed by atoms with Crippen molar-refractivity contribution in [1.82, 2.24) is 0 Å². The van der Waals surface area contributed by atoms with E-state index in [4.69, 9.17) is 11.6 Å². The molecule has 2 rings (SSSR count). The van der Waals surface area contributed by atoms with Crippen LogP contribution in [-0.4, -0.2) is 11.7 Å². The summed E-state index contributed by atoms with van der Waals surface area (Å²) in [6.07, 6.45) is 1.73. The maximum absolute atomic E-state index is 11.2. The second kappa shape index (κ2) is 3.87. The molecule has 0 spiro atoms. The molecule has 1 aromatic rings. The minimum Gasteiger partial charge on any atom is -0.312 e. The van der Waals surface area contributed by atoms with Crippen molar-refractivity contribution >= 4 is 29.4 Å². The monoisotopic (exact) mass is 221 g/mol. The van der Waals surface area contributed by atoms with E-state index in [9.17, 15) is 4.79 Å². The van der Waals surface area contributed by atoms with E-state index in [0.29, 0.717) is 16.3 Å². The van der Waals surface area contributed by atoms with Crippen LogP contribution in [0.25, 0.3) is 6.08 Å². The van der Waals surface area contributed by atoms with Crippen LogP contribution in [0.4, 0.5) is 0 Å². The number of halogens is 1. The minimum atomic E-state index is -0.414. The summed E-state index contributed by atoms with van der Waals surface area (Å²) in [7, 11) is 0. The van der Waals surface area contributed by atoms with Gasteiger partial charge < -0.3 is 4.84 Å². The molecule has 0 amide bonds. The van der Waals surface area contributed by atoms with Crippen LogP contribution in [0.1, 0.15) is 12.5 Å². The van der Waals surface area contributed by atoms with Crippen LogP contribution in [0.2, 0.25) is 5.02 Å². The molecule has 0 saturated carbocycles. The summed E-state index contributed by atoms with van der Waals surface area (Å²) in [5.74, 6) is -0.414.